The number of nitrogens with two attached hydrogens (primary N) is 1. The second-order valence-electron chi connectivity index (χ2n) is 4.66. The summed E-state index contributed by atoms with van der Waals surface area (Å²) in [5.41, 5.74) is 7.43. The van der Waals surface area contributed by atoms with Gasteiger partial charge in [0.2, 0.25) is 5.91 Å². The summed E-state index contributed by atoms with van der Waals surface area (Å²) in [4.78, 5) is 47.7. The molecule has 1 saturated heterocycles. The third kappa shape index (κ3) is 2.69. The predicted molar refractivity (Wildman–Crippen MR) is 74.1 cm³/mol. The van der Waals surface area contributed by atoms with Crippen molar-refractivity contribution in [3.05, 3.63) is 23.8 Å². The first-order valence-corrected chi connectivity index (χ1v) is 6.10. The molecule has 0 spiro atoms. The van der Waals surface area contributed by atoms with Crippen molar-refractivity contribution < 1.29 is 19.2 Å². The van der Waals surface area contributed by atoms with E-state index in [1.165, 1.54) is 7.05 Å². The Morgan fingerprint density at radius 1 is 1.24 bits per heavy atom. The van der Waals surface area contributed by atoms with Gasteiger partial charge in [-0.25, -0.2) is 9.69 Å². The normalized spacial score (nSPS) is 14.9. The van der Waals surface area contributed by atoms with Crippen LogP contribution in [0, 0.1) is 6.92 Å². The van der Waals surface area contributed by atoms with Gasteiger partial charge >= 0.3 is 17.8 Å². The van der Waals surface area contributed by atoms with Crippen LogP contribution in [0.15, 0.2) is 18.2 Å². The van der Waals surface area contributed by atoms with Crippen molar-refractivity contribution in [2.45, 2.75) is 6.92 Å². The molecule has 0 aromatic heterocycles. The molecule has 1 aliphatic rings. The summed E-state index contributed by atoms with van der Waals surface area (Å²) in [6.45, 7) is 1.24. The van der Waals surface area contributed by atoms with Crippen LogP contribution in [0.25, 0.3) is 0 Å². The molecule has 1 aromatic carbocycles. The number of amides is 5. The van der Waals surface area contributed by atoms with Crippen molar-refractivity contribution in [1.29, 1.82) is 0 Å². The van der Waals surface area contributed by atoms with Crippen molar-refractivity contribution >= 4 is 35.1 Å². The summed E-state index contributed by atoms with van der Waals surface area (Å²) in [6, 6.07) is 4.10. The minimum absolute atomic E-state index is 0.516. The third-order valence-corrected chi connectivity index (χ3v) is 3.08. The minimum atomic E-state index is -1.01. The number of anilines is 2. The molecule has 0 atom stereocenters. The summed E-state index contributed by atoms with van der Waals surface area (Å²) in [6.07, 6.45) is 0. The maximum absolute atomic E-state index is 11.9. The first-order chi connectivity index (χ1) is 9.81. The predicted octanol–water partition coefficient (Wildman–Crippen LogP) is -0.0637. The Morgan fingerprint density at radius 3 is 2.43 bits per heavy atom. The van der Waals surface area contributed by atoms with Gasteiger partial charge in [0, 0.05) is 18.4 Å². The zero-order chi connectivity index (χ0) is 15.7. The van der Waals surface area contributed by atoms with Gasteiger partial charge < -0.3 is 11.1 Å². The van der Waals surface area contributed by atoms with Gasteiger partial charge in [-0.1, -0.05) is 0 Å². The second-order valence-corrected chi connectivity index (χ2v) is 4.66. The Hall–Kier alpha value is -2.90. The number of nitrogens with zero attached hydrogens (tertiary/aromatic N) is 2. The number of nitrogen functional groups attached to an aromatic ring is 1. The van der Waals surface area contributed by atoms with Crippen LogP contribution < -0.4 is 11.1 Å². The minimum Gasteiger partial charge on any atom is -0.399 e. The number of nitrogens with one attached hydrogen (secondary N) is 1. The lowest BCUT2D eigenvalue weighted by molar-refractivity contribution is -0.143. The molecular weight excluding hydrogens is 276 g/mol. The van der Waals surface area contributed by atoms with Gasteiger partial charge in [-0.05, 0) is 30.7 Å². The number of aryl methyl sites for hydroxylation is 1. The zero-order valence-electron chi connectivity index (χ0n) is 11.5. The molecule has 1 heterocycles. The van der Waals surface area contributed by atoms with E-state index in [-0.39, 0.29) is 0 Å². The van der Waals surface area contributed by atoms with E-state index in [0.717, 1.165) is 5.56 Å². The first kappa shape index (κ1) is 14.5. The molecule has 0 radical (unpaired) electrons. The van der Waals surface area contributed by atoms with Gasteiger partial charge in [-0.3, -0.25) is 19.3 Å². The molecule has 110 valence electrons. The van der Waals surface area contributed by atoms with Crippen LogP contribution in [0.2, 0.25) is 0 Å². The zero-order valence-corrected chi connectivity index (χ0v) is 11.5. The highest BCUT2D eigenvalue weighted by atomic mass is 16.2. The summed E-state index contributed by atoms with van der Waals surface area (Å²) in [7, 11) is 1.19. The maximum atomic E-state index is 11.9. The van der Waals surface area contributed by atoms with E-state index in [4.69, 9.17) is 5.73 Å². The fourth-order valence-electron chi connectivity index (χ4n) is 1.91. The number of hydrogen-bond donors (Lipinski definition) is 2. The molecule has 8 heteroatoms. The van der Waals surface area contributed by atoms with Crippen LogP contribution in [0.5, 0.6) is 0 Å². The molecule has 2 rings (SSSR count). The van der Waals surface area contributed by atoms with E-state index in [1.54, 1.807) is 25.1 Å². The molecule has 1 fully saturated rings. The molecule has 8 nitrogen and oxygen atoms in total. The topological polar surface area (TPSA) is 113 Å². The largest absolute Gasteiger partial charge is 0.399 e. The van der Waals surface area contributed by atoms with Gasteiger partial charge in [-0.15, -0.1) is 0 Å². The van der Waals surface area contributed by atoms with Crippen LogP contribution >= 0.6 is 0 Å². The molecule has 5 amide bonds. The van der Waals surface area contributed by atoms with Crippen LogP contribution in [0.4, 0.5) is 16.2 Å². The summed E-state index contributed by atoms with van der Waals surface area (Å²) in [5.74, 6) is -2.53. The average Bonchev–Trinajstić information content (AvgIpc) is 2.60. The standard InChI is InChI=1S/C13H14N4O4/c1-7-5-8(14)3-4-9(7)15-10(18)6-17-12(20)11(19)16(2)13(17)21/h3-5H,6,14H2,1-2H3,(H,15,18). The molecule has 0 bridgehead atoms. The molecule has 0 aliphatic carbocycles. The van der Waals surface area contributed by atoms with Gasteiger partial charge in [0.15, 0.2) is 0 Å². The molecule has 0 unspecified atom stereocenters. The third-order valence-electron chi connectivity index (χ3n) is 3.08. The fraction of sp³-hybridized carbons (Fsp3) is 0.231. The number of urea groups is 1. The SMILES string of the molecule is Cc1cc(N)ccc1NC(=O)CN1C(=O)C(=O)N(C)C1=O. The molecule has 1 aliphatic heterocycles. The van der Waals surface area contributed by atoms with Crippen molar-refractivity contribution in [2.24, 2.45) is 0 Å². The number of carbonyl (C=O) groups is 4. The molecule has 3 N–H and O–H groups in total. The van der Waals surface area contributed by atoms with Crippen LogP contribution in [0.3, 0.4) is 0 Å². The smallest absolute Gasteiger partial charge is 0.334 e. The lowest BCUT2D eigenvalue weighted by Gasteiger charge is -2.14. The lowest BCUT2D eigenvalue weighted by atomic mass is 10.2. The Morgan fingerprint density at radius 2 is 1.90 bits per heavy atom. The monoisotopic (exact) mass is 290 g/mol. The lowest BCUT2D eigenvalue weighted by Crippen LogP contribution is -2.38. The second kappa shape index (κ2) is 5.23. The summed E-state index contributed by atoms with van der Waals surface area (Å²) >= 11 is 0. The highest BCUT2D eigenvalue weighted by Crippen LogP contribution is 2.18. The van der Waals surface area contributed by atoms with Crippen LogP contribution in [0.1, 0.15) is 5.56 Å². The van der Waals surface area contributed by atoms with Crippen molar-refractivity contribution in [1.82, 2.24) is 9.80 Å². The van der Waals surface area contributed by atoms with Crippen molar-refractivity contribution in [3.8, 4) is 0 Å². The van der Waals surface area contributed by atoms with Crippen LogP contribution in [-0.2, 0) is 14.4 Å². The highest BCUT2D eigenvalue weighted by Gasteiger charge is 2.42. The van der Waals surface area contributed by atoms with E-state index in [9.17, 15) is 19.2 Å². The molecule has 1 aromatic rings. The van der Waals surface area contributed by atoms with E-state index in [0.29, 0.717) is 21.2 Å². The number of hydrogen-bond acceptors (Lipinski definition) is 5. The van der Waals surface area contributed by atoms with E-state index in [1.807, 2.05) is 0 Å². The molecule has 21 heavy (non-hydrogen) atoms. The first-order valence-electron chi connectivity index (χ1n) is 6.10. The molecular formula is C13H14N4O4. The summed E-state index contributed by atoms with van der Waals surface area (Å²) in [5, 5.41) is 2.56. The van der Waals surface area contributed by atoms with Gasteiger partial charge in [-0.2, -0.15) is 0 Å². The van der Waals surface area contributed by atoms with Crippen molar-refractivity contribution in [2.75, 3.05) is 24.6 Å². The van der Waals surface area contributed by atoms with E-state index >= 15 is 0 Å². The quantitative estimate of drug-likeness (QED) is 0.460. The van der Waals surface area contributed by atoms with Crippen molar-refractivity contribution in [3.63, 3.8) is 0 Å². The number of rotatable bonds is 3. The Bertz CT molecular complexity index is 656. The number of likely N-dealkylation sites (N-methyl/N-ethyl adjacent to an activating group) is 1. The Labute approximate surface area is 120 Å². The van der Waals surface area contributed by atoms with E-state index in [2.05, 4.69) is 5.32 Å². The number of benzene rings is 1. The number of imide groups is 2. The molecule has 0 saturated carbocycles. The van der Waals surface area contributed by atoms with Gasteiger partial charge in [0.25, 0.3) is 0 Å². The van der Waals surface area contributed by atoms with Gasteiger partial charge in [0.1, 0.15) is 6.54 Å². The average molecular weight is 290 g/mol. The maximum Gasteiger partial charge on any atom is 0.334 e. The van der Waals surface area contributed by atoms with E-state index < -0.39 is 30.3 Å². The summed E-state index contributed by atoms with van der Waals surface area (Å²) < 4.78 is 0. The highest BCUT2D eigenvalue weighted by molar-refractivity contribution is 6.44. The Balaban J connectivity index is 2.07. The Kier molecular flexibility index (Phi) is 3.62. The fourth-order valence-corrected chi connectivity index (χ4v) is 1.91. The van der Waals surface area contributed by atoms with Gasteiger partial charge in [0.05, 0.1) is 0 Å². The van der Waals surface area contributed by atoms with Crippen LogP contribution in [-0.4, -0.2) is 47.1 Å². The number of carbonyl (C=O) groups excluding carboxylic acids is 4.